The Balaban J connectivity index is 1.53. The SMILES string of the molecule is C[C@@H]1CC[C@H]2C(=O)N(c3ccc(NCCc4cccc(F)c4)c([N+](=O)[O-])c3)C(=O)[C@H]2C1. The third kappa shape index (κ3) is 4.15. The highest BCUT2D eigenvalue weighted by Crippen LogP contribution is 2.43. The molecule has 7 nitrogen and oxygen atoms in total. The predicted molar refractivity (Wildman–Crippen MR) is 114 cm³/mol. The highest BCUT2D eigenvalue weighted by Gasteiger charge is 2.50. The molecule has 2 aromatic rings. The van der Waals surface area contributed by atoms with Gasteiger partial charge in [-0.3, -0.25) is 19.7 Å². The number of carbonyl (C=O) groups is 2. The number of nitrogens with one attached hydrogen (secondary N) is 1. The number of halogens is 1. The molecule has 1 saturated heterocycles. The maximum Gasteiger partial charge on any atom is 0.294 e. The molecule has 31 heavy (non-hydrogen) atoms. The van der Waals surface area contributed by atoms with Gasteiger partial charge in [-0.2, -0.15) is 0 Å². The molecule has 162 valence electrons. The number of hydrogen-bond donors (Lipinski definition) is 1. The van der Waals surface area contributed by atoms with E-state index in [-0.39, 0.29) is 46.5 Å². The van der Waals surface area contributed by atoms with Gasteiger partial charge in [-0.25, -0.2) is 9.29 Å². The van der Waals surface area contributed by atoms with E-state index in [1.807, 2.05) is 0 Å². The molecule has 4 rings (SSSR count). The van der Waals surface area contributed by atoms with Gasteiger partial charge in [0, 0.05) is 12.6 Å². The predicted octanol–water partition coefficient (Wildman–Crippen LogP) is 4.31. The highest BCUT2D eigenvalue weighted by atomic mass is 19.1. The van der Waals surface area contributed by atoms with E-state index in [1.54, 1.807) is 18.2 Å². The Morgan fingerprint density at radius 2 is 1.90 bits per heavy atom. The average Bonchev–Trinajstić information content (AvgIpc) is 2.98. The number of anilines is 2. The maximum atomic E-state index is 13.3. The van der Waals surface area contributed by atoms with Crippen LogP contribution in [-0.4, -0.2) is 23.3 Å². The normalized spacial score (nSPS) is 23.0. The summed E-state index contributed by atoms with van der Waals surface area (Å²) >= 11 is 0. The molecule has 2 fully saturated rings. The second kappa shape index (κ2) is 8.45. The van der Waals surface area contributed by atoms with Crippen LogP contribution in [0.2, 0.25) is 0 Å². The summed E-state index contributed by atoms with van der Waals surface area (Å²) in [6.45, 7) is 2.44. The van der Waals surface area contributed by atoms with E-state index < -0.39 is 4.92 Å². The minimum absolute atomic E-state index is 0.208. The number of nitrogens with zero attached hydrogens (tertiary/aromatic N) is 2. The Kier molecular flexibility index (Phi) is 5.71. The highest BCUT2D eigenvalue weighted by molar-refractivity contribution is 6.22. The van der Waals surface area contributed by atoms with E-state index in [4.69, 9.17) is 0 Å². The molecule has 1 N–H and O–H groups in total. The first-order valence-electron chi connectivity index (χ1n) is 10.5. The topological polar surface area (TPSA) is 92.6 Å². The van der Waals surface area contributed by atoms with Crippen molar-refractivity contribution >= 4 is 28.9 Å². The van der Waals surface area contributed by atoms with Crippen LogP contribution >= 0.6 is 0 Å². The van der Waals surface area contributed by atoms with Crippen LogP contribution in [0.25, 0.3) is 0 Å². The van der Waals surface area contributed by atoms with Crippen molar-refractivity contribution in [2.45, 2.75) is 32.6 Å². The summed E-state index contributed by atoms with van der Waals surface area (Å²) in [5, 5.41) is 14.7. The van der Waals surface area contributed by atoms with Gasteiger partial charge in [0.15, 0.2) is 0 Å². The van der Waals surface area contributed by atoms with E-state index in [0.717, 1.165) is 16.9 Å². The van der Waals surface area contributed by atoms with Crippen LogP contribution < -0.4 is 10.2 Å². The van der Waals surface area contributed by atoms with Crippen molar-refractivity contribution in [2.75, 3.05) is 16.8 Å². The Labute approximate surface area is 179 Å². The molecule has 8 heteroatoms. The average molecular weight is 425 g/mol. The first kappa shape index (κ1) is 21.0. The largest absolute Gasteiger partial charge is 0.379 e. The van der Waals surface area contributed by atoms with Crippen LogP contribution in [0.1, 0.15) is 31.7 Å². The smallest absolute Gasteiger partial charge is 0.294 e. The standard InChI is InChI=1S/C23H24FN3O4/c1-14-5-7-18-19(11-14)23(29)26(22(18)28)17-6-8-20(21(13-17)27(30)31)25-10-9-15-3-2-4-16(24)12-15/h2-4,6,8,12-14,18-19,25H,5,7,9-11H2,1H3/t14-,18-,19+/m1/s1. The molecule has 0 unspecified atom stereocenters. The summed E-state index contributed by atoms with van der Waals surface area (Å²) in [5.41, 5.74) is 1.09. The van der Waals surface area contributed by atoms with Crippen molar-refractivity contribution in [1.29, 1.82) is 0 Å². The number of nitro benzene ring substituents is 1. The Morgan fingerprint density at radius 1 is 1.13 bits per heavy atom. The fourth-order valence-corrected chi connectivity index (χ4v) is 4.64. The minimum atomic E-state index is -0.534. The van der Waals surface area contributed by atoms with E-state index in [2.05, 4.69) is 12.2 Å². The number of imide groups is 1. The third-order valence-corrected chi connectivity index (χ3v) is 6.24. The molecule has 0 aromatic heterocycles. The van der Waals surface area contributed by atoms with Crippen molar-refractivity contribution in [3.8, 4) is 0 Å². The van der Waals surface area contributed by atoms with Crippen molar-refractivity contribution < 1.29 is 18.9 Å². The molecule has 1 aliphatic heterocycles. The number of nitro groups is 1. The first-order chi connectivity index (χ1) is 14.8. The summed E-state index contributed by atoms with van der Waals surface area (Å²) in [4.78, 5) is 38.0. The van der Waals surface area contributed by atoms with E-state index in [1.165, 1.54) is 24.3 Å². The molecule has 1 aliphatic carbocycles. The molecule has 0 radical (unpaired) electrons. The summed E-state index contributed by atoms with van der Waals surface area (Å²) < 4.78 is 13.3. The molecule has 0 spiro atoms. The summed E-state index contributed by atoms with van der Waals surface area (Å²) in [5.74, 6) is -1.13. The summed E-state index contributed by atoms with van der Waals surface area (Å²) in [7, 11) is 0. The van der Waals surface area contributed by atoms with Gasteiger partial charge in [0.2, 0.25) is 11.8 Å². The molecule has 2 aliphatic rings. The molecule has 0 bridgehead atoms. The van der Waals surface area contributed by atoms with Crippen LogP contribution in [0.5, 0.6) is 0 Å². The van der Waals surface area contributed by atoms with Crippen LogP contribution in [0.15, 0.2) is 42.5 Å². The fraction of sp³-hybridized carbons (Fsp3) is 0.391. The van der Waals surface area contributed by atoms with Crippen molar-refractivity contribution in [3.63, 3.8) is 0 Å². The lowest BCUT2D eigenvalue weighted by Crippen LogP contribution is -2.31. The number of fused-ring (bicyclic) bond motifs is 1. The van der Waals surface area contributed by atoms with Crippen molar-refractivity contribution in [1.82, 2.24) is 0 Å². The monoisotopic (exact) mass is 425 g/mol. The number of carbonyl (C=O) groups excluding carboxylic acids is 2. The number of amides is 2. The second-order valence-electron chi connectivity index (χ2n) is 8.41. The van der Waals surface area contributed by atoms with Crippen molar-refractivity contribution in [2.24, 2.45) is 17.8 Å². The van der Waals surface area contributed by atoms with Gasteiger partial charge in [0.05, 0.1) is 22.4 Å². The summed E-state index contributed by atoms with van der Waals surface area (Å²) in [6, 6.07) is 10.5. The molecule has 2 aromatic carbocycles. The van der Waals surface area contributed by atoms with Crippen LogP contribution in [0.3, 0.4) is 0 Å². The zero-order valence-corrected chi connectivity index (χ0v) is 17.2. The molecule has 3 atom stereocenters. The lowest BCUT2D eigenvalue weighted by atomic mass is 9.76. The van der Waals surface area contributed by atoms with Gasteiger partial charge in [-0.1, -0.05) is 19.1 Å². The van der Waals surface area contributed by atoms with Gasteiger partial charge in [-0.05, 0) is 61.4 Å². The van der Waals surface area contributed by atoms with E-state index in [9.17, 15) is 24.1 Å². The molecular weight excluding hydrogens is 401 g/mol. The number of rotatable bonds is 6. The van der Waals surface area contributed by atoms with Gasteiger partial charge >= 0.3 is 0 Å². The second-order valence-corrected chi connectivity index (χ2v) is 8.41. The van der Waals surface area contributed by atoms with E-state index >= 15 is 0 Å². The van der Waals surface area contributed by atoms with Crippen molar-refractivity contribution in [3.05, 3.63) is 64.0 Å². The maximum absolute atomic E-state index is 13.3. The zero-order valence-electron chi connectivity index (χ0n) is 17.2. The van der Waals surface area contributed by atoms with Crippen LogP contribution in [0.4, 0.5) is 21.5 Å². The molecule has 1 saturated carbocycles. The number of hydrogen-bond acceptors (Lipinski definition) is 5. The molecule has 2 amide bonds. The summed E-state index contributed by atoms with van der Waals surface area (Å²) in [6.07, 6.45) is 2.74. The molecule has 1 heterocycles. The number of benzene rings is 2. The first-order valence-corrected chi connectivity index (χ1v) is 10.5. The van der Waals surface area contributed by atoms with Gasteiger partial charge in [0.25, 0.3) is 5.69 Å². The Morgan fingerprint density at radius 3 is 2.65 bits per heavy atom. The Bertz CT molecular complexity index is 1040. The Hall–Kier alpha value is -3.29. The molecular formula is C23H24FN3O4. The van der Waals surface area contributed by atoms with Gasteiger partial charge < -0.3 is 5.32 Å². The zero-order chi connectivity index (χ0) is 22.1. The fourth-order valence-electron chi connectivity index (χ4n) is 4.64. The van der Waals surface area contributed by atoms with E-state index in [0.29, 0.717) is 31.7 Å². The van der Waals surface area contributed by atoms with Gasteiger partial charge in [-0.15, -0.1) is 0 Å². The third-order valence-electron chi connectivity index (χ3n) is 6.24. The minimum Gasteiger partial charge on any atom is -0.379 e. The van der Waals surface area contributed by atoms with Crippen LogP contribution in [0, 0.1) is 33.7 Å². The lowest BCUT2D eigenvalue weighted by molar-refractivity contribution is -0.383. The lowest BCUT2D eigenvalue weighted by Gasteiger charge is -2.25. The van der Waals surface area contributed by atoms with Crippen LogP contribution in [-0.2, 0) is 16.0 Å². The van der Waals surface area contributed by atoms with Gasteiger partial charge in [0.1, 0.15) is 11.5 Å². The quantitative estimate of drug-likeness (QED) is 0.423.